The van der Waals surface area contributed by atoms with Crippen molar-refractivity contribution in [3.8, 4) is 0 Å². The van der Waals surface area contributed by atoms with E-state index in [1.54, 1.807) is 0 Å². The third kappa shape index (κ3) is 5.96. The Balaban J connectivity index is 1.81. The molecular weight excluding hydrogens is 414 g/mol. The summed E-state index contributed by atoms with van der Waals surface area (Å²) >= 11 is 0. The fourth-order valence-electron chi connectivity index (χ4n) is 3.87. The van der Waals surface area contributed by atoms with Crippen LogP contribution in [0.5, 0.6) is 0 Å². The van der Waals surface area contributed by atoms with Crippen LogP contribution in [0.15, 0.2) is 48.5 Å². The van der Waals surface area contributed by atoms with Gasteiger partial charge in [-0.05, 0) is 61.1 Å². The molecule has 1 atom stereocenters. The fourth-order valence-corrected chi connectivity index (χ4v) is 3.87. The molecule has 3 amide bonds. The lowest BCUT2D eigenvalue weighted by Gasteiger charge is -2.29. The average molecular weight is 437 g/mol. The first-order chi connectivity index (χ1) is 14.6. The summed E-state index contributed by atoms with van der Waals surface area (Å²) in [4.78, 5) is 23.9. The summed E-state index contributed by atoms with van der Waals surface area (Å²) in [6.07, 6.45) is -2.36. The molecule has 166 valence electrons. The molecule has 1 aliphatic carbocycles. The second-order valence-electron chi connectivity index (χ2n) is 7.67. The monoisotopic (exact) mass is 437 g/mol. The molecule has 5 nitrogen and oxygen atoms in total. The molecule has 0 radical (unpaired) electrons. The van der Waals surface area contributed by atoms with Gasteiger partial charge in [-0.3, -0.25) is 4.79 Å². The third-order valence-corrected chi connectivity index (χ3v) is 5.48. The van der Waals surface area contributed by atoms with E-state index in [1.807, 2.05) is 0 Å². The van der Waals surface area contributed by atoms with Gasteiger partial charge < -0.3 is 16.4 Å². The summed E-state index contributed by atoms with van der Waals surface area (Å²) in [7, 11) is 0. The Labute approximate surface area is 177 Å². The van der Waals surface area contributed by atoms with E-state index >= 15 is 0 Å². The molecule has 2 aromatic rings. The van der Waals surface area contributed by atoms with Crippen LogP contribution >= 0.6 is 0 Å². The van der Waals surface area contributed by atoms with Crippen molar-refractivity contribution in [1.82, 2.24) is 10.6 Å². The van der Waals surface area contributed by atoms with Crippen LogP contribution < -0.4 is 16.4 Å². The van der Waals surface area contributed by atoms with Crippen molar-refractivity contribution in [2.45, 2.75) is 43.9 Å². The van der Waals surface area contributed by atoms with Crippen LogP contribution in [0, 0.1) is 11.7 Å². The Morgan fingerprint density at radius 2 is 1.61 bits per heavy atom. The fraction of sp³-hybridized carbons (Fsp3) is 0.364. The predicted octanol–water partition coefficient (Wildman–Crippen LogP) is 4.28. The quantitative estimate of drug-likeness (QED) is 0.610. The standard InChI is InChI=1S/C22H23F4N3O2/c23-17-8-4-13(5-9-17)19(15-2-1-3-16(12-15)22(24,25)26)29-20(30)14-6-10-18(11-7-14)28-21(27)31/h1-5,8-9,12,14,18-19H,6-7,10-11H2,(H,29,30)(H3,27,28,31). The van der Waals surface area contributed by atoms with E-state index in [1.165, 1.54) is 36.4 Å². The van der Waals surface area contributed by atoms with Crippen LogP contribution in [-0.4, -0.2) is 18.0 Å². The number of nitrogens with one attached hydrogen (secondary N) is 2. The number of carbonyl (C=O) groups is 2. The Bertz CT molecular complexity index is 923. The number of alkyl halides is 3. The zero-order chi connectivity index (χ0) is 22.6. The number of halogens is 4. The molecule has 0 saturated heterocycles. The summed E-state index contributed by atoms with van der Waals surface area (Å²) in [6, 6.07) is 8.41. The van der Waals surface area contributed by atoms with Crippen LogP contribution in [0.25, 0.3) is 0 Å². The highest BCUT2D eigenvalue weighted by Crippen LogP contribution is 2.33. The first kappa shape index (κ1) is 22.6. The smallest absolute Gasteiger partial charge is 0.352 e. The van der Waals surface area contributed by atoms with Crippen LogP contribution in [0.2, 0.25) is 0 Å². The maximum atomic E-state index is 13.4. The van der Waals surface area contributed by atoms with Crippen molar-refractivity contribution in [2.24, 2.45) is 11.7 Å². The zero-order valence-corrected chi connectivity index (χ0v) is 16.6. The summed E-state index contributed by atoms with van der Waals surface area (Å²) in [5, 5.41) is 5.46. The maximum Gasteiger partial charge on any atom is 0.416 e. The van der Waals surface area contributed by atoms with E-state index in [2.05, 4.69) is 10.6 Å². The van der Waals surface area contributed by atoms with Gasteiger partial charge >= 0.3 is 12.2 Å². The van der Waals surface area contributed by atoms with E-state index in [0.717, 1.165) is 12.1 Å². The number of urea groups is 1. The minimum atomic E-state index is -4.53. The minimum absolute atomic E-state index is 0.0992. The molecule has 0 heterocycles. The van der Waals surface area contributed by atoms with Gasteiger partial charge in [0.1, 0.15) is 5.82 Å². The third-order valence-electron chi connectivity index (χ3n) is 5.48. The Kier molecular flexibility index (Phi) is 6.82. The molecule has 0 aromatic heterocycles. The molecular formula is C22H23F4N3O2. The zero-order valence-electron chi connectivity index (χ0n) is 16.6. The summed E-state index contributed by atoms with van der Waals surface area (Å²) in [5.74, 6) is -1.14. The lowest BCUT2D eigenvalue weighted by atomic mass is 9.85. The van der Waals surface area contributed by atoms with Gasteiger partial charge in [0.2, 0.25) is 5.91 Å². The number of rotatable bonds is 5. The van der Waals surface area contributed by atoms with Crippen molar-refractivity contribution in [1.29, 1.82) is 0 Å². The molecule has 1 saturated carbocycles. The number of nitrogens with two attached hydrogens (primary N) is 1. The molecule has 0 bridgehead atoms. The second-order valence-corrected chi connectivity index (χ2v) is 7.67. The number of hydrogen-bond acceptors (Lipinski definition) is 2. The molecule has 1 aliphatic rings. The molecule has 3 rings (SSSR count). The largest absolute Gasteiger partial charge is 0.416 e. The summed E-state index contributed by atoms with van der Waals surface area (Å²) in [5.41, 5.74) is 5.02. The topological polar surface area (TPSA) is 84.2 Å². The van der Waals surface area contributed by atoms with Crippen molar-refractivity contribution in [3.05, 3.63) is 71.0 Å². The average Bonchev–Trinajstić information content (AvgIpc) is 2.72. The van der Waals surface area contributed by atoms with Gasteiger partial charge in [0.05, 0.1) is 11.6 Å². The minimum Gasteiger partial charge on any atom is -0.352 e. The highest BCUT2D eigenvalue weighted by molar-refractivity contribution is 5.80. The van der Waals surface area contributed by atoms with Crippen molar-refractivity contribution in [2.75, 3.05) is 0 Å². The molecule has 1 fully saturated rings. The number of hydrogen-bond donors (Lipinski definition) is 3. The van der Waals surface area contributed by atoms with Crippen LogP contribution in [0.3, 0.4) is 0 Å². The maximum absolute atomic E-state index is 13.4. The van der Waals surface area contributed by atoms with Gasteiger partial charge in [-0.1, -0.05) is 24.3 Å². The van der Waals surface area contributed by atoms with E-state index in [9.17, 15) is 27.2 Å². The van der Waals surface area contributed by atoms with Crippen molar-refractivity contribution < 1.29 is 27.2 Å². The van der Waals surface area contributed by atoms with E-state index in [-0.39, 0.29) is 23.4 Å². The van der Waals surface area contributed by atoms with Gasteiger partial charge in [-0.25, -0.2) is 9.18 Å². The van der Waals surface area contributed by atoms with Gasteiger partial charge in [-0.2, -0.15) is 13.2 Å². The van der Waals surface area contributed by atoms with E-state index in [4.69, 9.17) is 5.73 Å². The lowest BCUT2D eigenvalue weighted by molar-refractivity contribution is -0.137. The molecule has 9 heteroatoms. The normalized spacial score (nSPS) is 20.0. The molecule has 0 aliphatic heterocycles. The summed E-state index contributed by atoms with van der Waals surface area (Å²) < 4.78 is 53.0. The predicted molar refractivity (Wildman–Crippen MR) is 106 cm³/mol. The molecule has 4 N–H and O–H groups in total. The van der Waals surface area contributed by atoms with E-state index < -0.39 is 29.6 Å². The SMILES string of the molecule is NC(=O)NC1CCC(C(=O)NC(c2ccc(F)cc2)c2cccc(C(F)(F)F)c2)CC1. The highest BCUT2D eigenvalue weighted by atomic mass is 19.4. The van der Waals surface area contributed by atoms with Crippen molar-refractivity contribution in [3.63, 3.8) is 0 Å². The molecule has 31 heavy (non-hydrogen) atoms. The summed E-state index contributed by atoms with van der Waals surface area (Å²) in [6.45, 7) is 0. The Morgan fingerprint density at radius 3 is 2.19 bits per heavy atom. The molecule has 0 spiro atoms. The second kappa shape index (κ2) is 9.36. The van der Waals surface area contributed by atoms with Gasteiger partial charge in [0.15, 0.2) is 0 Å². The lowest BCUT2D eigenvalue weighted by Crippen LogP contribution is -2.43. The van der Waals surface area contributed by atoms with Crippen LogP contribution in [0.1, 0.15) is 48.4 Å². The van der Waals surface area contributed by atoms with Crippen molar-refractivity contribution >= 4 is 11.9 Å². The number of benzene rings is 2. The van der Waals surface area contributed by atoms with Gasteiger partial charge in [0.25, 0.3) is 0 Å². The van der Waals surface area contributed by atoms with E-state index in [0.29, 0.717) is 31.2 Å². The Hall–Kier alpha value is -3.10. The van der Waals surface area contributed by atoms with Gasteiger partial charge in [0, 0.05) is 12.0 Å². The molecule has 2 aromatic carbocycles. The first-order valence-corrected chi connectivity index (χ1v) is 9.92. The first-order valence-electron chi connectivity index (χ1n) is 9.92. The van der Waals surface area contributed by atoms with Crippen LogP contribution in [-0.2, 0) is 11.0 Å². The Morgan fingerprint density at radius 1 is 0.968 bits per heavy atom. The highest BCUT2D eigenvalue weighted by Gasteiger charge is 2.32. The van der Waals surface area contributed by atoms with Crippen LogP contribution in [0.4, 0.5) is 22.4 Å². The number of carbonyl (C=O) groups excluding carboxylic acids is 2. The van der Waals surface area contributed by atoms with Gasteiger partial charge in [-0.15, -0.1) is 0 Å². The number of amides is 3. The number of primary amides is 1. The molecule has 1 unspecified atom stereocenters.